The van der Waals surface area contributed by atoms with Gasteiger partial charge in [-0.1, -0.05) is 133 Å². The Hall–Kier alpha value is -6.83. The van der Waals surface area contributed by atoms with E-state index in [1.165, 1.54) is 0 Å². The Kier molecular flexibility index (Phi) is 21.1. The summed E-state index contributed by atoms with van der Waals surface area (Å²) in [5.74, 6) is -2.98. The van der Waals surface area contributed by atoms with Crippen molar-refractivity contribution in [1.82, 2.24) is 21.3 Å². The number of carboxylic acid groups (broad SMARTS) is 1. The molecule has 0 aromatic heterocycles. The summed E-state index contributed by atoms with van der Waals surface area (Å²) in [5.41, 5.74) is 3.52. The molecule has 0 aliphatic rings. The molecule has 0 aliphatic heterocycles. The van der Waals surface area contributed by atoms with Gasteiger partial charge in [-0.05, 0) is 90.3 Å². The maximum atomic E-state index is 12.9. The first-order valence-corrected chi connectivity index (χ1v) is 21.7. The number of hydrogen-bond acceptors (Lipinski definition) is 8. The van der Waals surface area contributed by atoms with Crippen LogP contribution < -0.4 is 26.4 Å². The highest BCUT2D eigenvalue weighted by Gasteiger charge is 2.19. The number of carbonyl (C=O) groups excluding carboxylic acids is 7. The first-order valence-electron chi connectivity index (χ1n) is 20.2. The molecule has 0 saturated heterocycles. The van der Waals surface area contributed by atoms with E-state index >= 15 is 0 Å². The van der Waals surface area contributed by atoms with E-state index in [1.54, 1.807) is 153 Å². The van der Waals surface area contributed by atoms with Crippen molar-refractivity contribution in [2.45, 2.75) is 32.9 Å². The van der Waals surface area contributed by atoms with E-state index in [0.717, 1.165) is 0 Å². The molecule has 16 heteroatoms. The third kappa shape index (κ3) is 16.6. The predicted molar refractivity (Wildman–Crippen MR) is 254 cm³/mol. The standard InChI is InChI=1S/2C23H18Cl2N2O3.C4H8O2/c2*24-17-11-10-16(19(12-17)22(29)18-8-4-5-9-20(18)25)13-26-21(28)14-27-23(30)15-6-2-1-3-7-15;1-2-3-4(5)6/h2*1-12H,13-14H2,(H,26,28)(H,27,30);2-3H2,1H3,(H,5,6)/p-1. The maximum absolute atomic E-state index is 12.9. The SMILES string of the molecule is CCCC(=O)[O-].O=C(CNC(=O)c1ccccc1)NCc1ccc(Cl)cc1C(=O)c1ccccc1Cl.O=C(CNC(=O)c1ccccc1)NCc1ccc(Cl)cc1C(=O)c1ccccc1Cl. The van der Waals surface area contributed by atoms with Gasteiger partial charge in [0.1, 0.15) is 0 Å². The molecule has 6 aromatic rings. The molecule has 0 aliphatic carbocycles. The number of hydrogen-bond donors (Lipinski definition) is 4. The smallest absolute Gasteiger partial charge is 0.251 e. The van der Waals surface area contributed by atoms with E-state index in [0.29, 0.717) is 71.0 Å². The highest BCUT2D eigenvalue weighted by molar-refractivity contribution is 6.36. The van der Waals surface area contributed by atoms with Crippen LogP contribution in [0.4, 0.5) is 0 Å². The Morgan fingerprint density at radius 1 is 0.455 bits per heavy atom. The third-order valence-corrected chi connectivity index (χ3v) is 10.3. The van der Waals surface area contributed by atoms with Crippen molar-refractivity contribution in [3.8, 4) is 0 Å². The van der Waals surface area contributed by atoms with Crippen LogP contribution in [0.2, 0.25) is 20.1 Å². The van der Waals surface area contributed by atoms with Crippen LogP contribution in [0.1, 0.15) is 83.5 Å². The van der Waals surface area contributed by atoms with Crippen molar-refractivity contribution in [1.29, 1.82) is 0 Å². The number of aliphatic carboxylic acids is 1. The Labute approximate surface area is 401 Å². The van der Waals surface area contributed by atoms with Crippen LogP contribution in [0.3, 0.4) is 0 Å². The molecule has 4 amide bonds. The quantitative estimate of drug-likeness (QED) is 0.0700. The van der Waals surface area contributed by atoms with E-state index < -0.39 is 5.97 Å². The second kappa shape index (κ2) is 26.8. The number of carboxylic acids is 1. The van der Waals surface area contributed by atoms with Gasteiger partial charge in [0.15, 0.2) is 11.6 Å². The highest BCUT2D eigenvalue weighted by Crippen LogP contribution is 2.25. The number of halogens is 4. The summed E-state index contributed by atoms with van der Waals surface area (Å²) in [5, 5.41) is 21.5. The molecule has 340 valence electrons. The summed E-state index contributed by atoms with van der Waals surface area (Å²) in [4.78, 5) is 83.8. The molecule has 12 nitrogen and oxygen atoms in total. The van der Waals surface area contributed by atoms with Crippen LogP contribution in [0, 0.1) is 0 Å². The van der Waals surface area contributed by atoms with E-state index in [2.05, 4.69) is 21.3 Å². The Morgan fingerprint density at radius 2 is 0.818 bits per heavy atom. The van der Waals surface area contributed by atoms with Crippen LogP contribution in [0.15, 0.2) is 146 Å². The normalized spacial score (nSPS) is 10.1. The maximum Gasteiger partial charge on any atom is 0.251 e. The zero-order valence-corrected chi connectivity index (χ0v) is 38.4. The summed E-state index contributed by atoms with van der Waals surface area (Å²) in [6.45, 7) is 1.63. The van der Waals surface area contributed by atoms with Crippen molar-refractivity contribution in [3.05, 3.63) is 210 Å². The molecule has 0 unspecified atom stereocenters. The summed E-state index contributed by atoms with van der Waals surface area (Å²) in [6.07, 6.45) is 0.850. The third-order valence-electron chi connectivity index (χ3n) is 9.17. The van der Waals surface area contributed by atoms with Crippen molar-refractivity contribution < 1.29 is 38.7 Å². The molecule has 6 rings (SSSR count). The van der Waals surface area contributed by atoms with Crippen LogP contribution in [-0.4, -0.2) is 54.3 Å². The molecule has 0 radical (unpaired) electrons. The van der Waals surface area contributed by atoms with Gasteiger partial charge in [-0.2, -0.15) is 0 Å². The first-order chi connectivity index (χ1) is 31.7. The molecular weight excluding hydrogens is 926 g/mol. The van der Waals surface area contributed by atoms with Gasteiger partial charge in [-0.15, -0.1) is 0 Å². The number of amides is 4. The largest absolute Gasteiger partial charge is 0.550 e. The fraction of sp³-hybridized carbons (Fsp3) is 0.140. The van der Waals surface area contributed by atoms with Crippen molar-refractivity contribution >= 4 is 87.6 Å². The van der Waals surface area contributed by atoms with E-state index in [4.69, 9.17) is 46.4 Å². The molecule has 4 N–H and O–H groups in total. The molecule has 0 bridgehead atoms. The lowest BCUT2D eigenvalue weighted by Gasteiger charge is -2.12. The zero-order chi connectivity index (χ0) is 48.0. The number of benzene rings is 6. The highest BCUT2D eigenvalue weighted by atomic mass is 35.5. The minimum absolute atomic E-state index is 0.0999. The molecule has 0 heterocycles. The molecule has 6 aromatic carbocycles. The predicted octanol–water partition coefficient (Wildman–Crippen LogP) is 8.08. The average Bonchev–Trinajstić information content (AvgIpc) is 3.32. The topological polar surface area (TPSA) is 191 Å². The number of carbonyl (C=O) groups is 7. The van der Waals surface area contributed by atoms with Gasteiger partial charge in [0.25, 0.3) is 11.8 Å². The molecule has 0 fully saturated rings. The molecule has 0 spiro atoms. The average molecular weight is 970 g/mol. The molecule has 0 atom stereocenters. The summed E-state index contributed by atoms with van der Waals surface area (Å²) >= 11 is 24.4. The van der Waals surface area contributed by atoms with E-state index in [1.807, 2.05) is 0 Å². The van der Waals surface area contributed by atoms with Gasteiger partial charge in [0.2, 0.25) is 11.8 Å². The number of rotatable bonds is 16. The van der Waals surface area contributed by atoms with Gasteiger partial charge in [0, 0.05) is 62.5 Å². The summed E-state index contributed by atoms with van der Waals surface area (Å²) in [7, 11) is 0. The van der Waals surface area contributed by atoms with Gasteiger partial charge in [-0.25, -0.2) is 0 Å². The van der Waals surface area contributed by atoms with Gasteiger partial charge >= 0.3 is 0 Å². The summed E-state index contributed by atoms with van der Waals surface area (Å²) < 4.78 is 0. The van der Waals surface area contributed by atoms with Gasteiger partial charge in [0.05, 0.1) is 23.1 Å². The van der Waals surface area contributed by atoms with Crippen LogP contribution in [-0.2, 0) is 27.5 Å². The first kappa shape index (κ1) is 51.8. The van der Waals surface area contributed by atoms with Crippen LogP contribution in [0.5, 0.6) is 0 Å². The minimum atomic E-state index is -0.961. The lowest BCUT2D eigenvalue weighted by molar-refractivity contribution is -0.305. The zero-order valence-electron chi connectivity index (χ0n) is 35.4. The number of ketones is 2. The number of nitrogens with one attached hydrogen (secondary N) is 4. The van der Waals surface area contributed by atoms with Gasteiger partial charge < -0.3 is 31.2 Å². The van der Waals surface area contributed by atoms with Crippen molar-refractivity contribution in [2.24, 2.45) is 0 Å². The molecule has 0 saturated carbocycles. The lowest BCUT2D eigenvalue weighted by Crippen LogP contribution is -2.36. The molecular formula is C50H43Cl4N4O8-. The Balaban J connectivity index is 0.000000257. The lowest BCUT2D eigenvalue weighted by atomic mass is 9.98. The Bertz CT molecular complexity index is 2490. The van der Waals surface area contributed by atoms with E-state index in [-0.39, 0.29) is 67.8 Å². The fourth-order valence-electron chi connectivity index (χ4n) is 5.83. The Morgan fingerprint density at radius 3 is 1.15 bits per heavy atom. The molecule has 66 heavy (non-hydrogen) atoms. The van der Waals surface area contributed by atoms with Crippen molar-refractivity contribution in [3.63, 3.8) is 0 Å². The van der Waals surface area contributed by atoms with E-state index in [9.17, 15) is 38.7 Å². The fourth-order valence-corrected chi connectivity index (χ4v) is 6.62. The van der Waals surface area contributed by atoms with Crippen LogP contribution >= 0.6 is 46.4 Å². The second-order valence-electron chi connectivity index (χ2n) is 14.0. The van der Waals surface area contributed by atoms with Crippen LogP contribution in [0.25, 0.3) is 0 Å². The minimum Gasteiger partial charge on any atom is -0.550 e. The second-order valence-corrected chi connectivity index (χ2v) is 15.7. The van der Waals surface area contributed by atoms with Crippen molar-refractivity contribution in [2.75, 3.05) is 13.1 Å². The van der Waals surface area contributed by atoms with Gasteiger partial charge in [-0.3, -0.25) is 28.8 Å². The summed E-state index contributed by atoms with van der Waals surface area (Å²) in [6, 6.07) is 40.4. The monoisotopic (exact) mass is 967 g/mol.